The molecule has 0 aliphatic carbocycles. The number of nitrogens with one attached hydrogen (secondary N) is 1. The Morgan fingerprint density at radius 1 is 1.22 bits per heavy atom. The second-order valence-electron chi connectivity index (χ2n) is 5.52. The zero-order valence-corrected chi connectivity index (χ0v) is 14.8. The van der Waals surface area contributed by atoms with Gasteiger partial charge in [-0.25, -0.2) is 0 Å². The highest BCUT2D eigenvalue weighted by molar-refractivity contribution is 8.01. The molecule has 7 heteroatoms. The molecule has 1 aromatic carbocycles. The van der Waals surface area contributed by atoms with Crippen molar-refractivity contribution in [2.45, 2.75) is 30.5 Å². The lowest BCUT2D eigenvalue weighted by Crippen LogP contribution is -2.29. The Morgan fingerprint density at radius 2 is 1.96 bits per heavy atom. The minimum Gasteiger partial charge on any atom is -0.372 e. The highest BCUT2D eigenvalue weighted by Crippen LogP contribution is 2.23. The molecule has 2 aromatic rings. The number of rotatable bonds is 5. The van der Waals surface area contributed by atoms with Gasteiger partial charge in [0.2, 0.25) is 5.91 Å². The van der Waals surface area contributed by atoms with Crippen molar-refractivity contribution in [3.63, 3.8) is 0 Å². The summed E-state index contributed by atoms with van der Waals surface area (Å²) in [5.41, 5.74) is 2.08. The molecular formula is C16H20N4OS2. The zero-order valence-electron chi connectivity index (χ0n) is 13.1. The van der Waals surface area contributed by atoms with Crippen molar-refractivity contribution >= 4 is 40.4 Å². The third-order valence-corrected chi connectivity index (χ3v) is 5.68. The van der Waals surface area contributed by atoms with Crippen LogP contribution in [0.15, 0.2) is 28.6 Å². The molecule has 1 aliphatic heterocycles. The van der Waals surface area contributed by atoms with E-state index in [1.165, 1.54) is 48.0 Å². The van der Waals surface area contributed by atoms with Gasteiger partial charge in [-0.1, -0.05) is 23.1 Å². The monoisotopic (exact) mass is 348 g/mol. The van der Waals surface area contributed by atoms with Crippen LogP contribution in [0.25, 0.3) is 0 Å². The largest absolute Gasteiger partial charge is 0.372 e. The Balaban J connectivity index is 1.50. The van der Waals surface area contributed by atoms with E-state index >= 15 is 0 Å². The van der Waals surface area contributed by atoms with Crippen LogP contribution in [-0.4, -0.2) is 34.9 Å². The van der Waals surface area contributed by atoms with E-state index in [-0.39, 0.29) is 5.91 Å². The van der Waals surface area contributed by atoms with Gasteiger partial charge < -0.3 is 10.2 Å². The van der Waals surface area contributed by atoms with Crippen LogP contribution in [0.1, 0.15) is 24.3 Å². The summed E-state index contributed by atoms with van der Waals surface area (Å²) in [6.45, 7) is 4.17. The van der Waals surface area contributed by atoms with Crippen molar-refractivity contribution in [3.05, 3.63) is 29.3 Å². The minimum atomic E-state index is -0.0198. The predicted octanol–water partition coefficient (Wildman–Crippen LogP) is 3.57. The van der Waals surface area contributed by atoms with E-state index in [1.54, 1.807) is 0 Å². The number of aromatic nitrogens is 2. The maximum atomic E-state index is 12.0. The zero-order chi connectivity index (χ0) is 16.1. The SMILES string of the molecule is Cc1nnc(SCC(=O)Nc2ccc(N3CCCCC3)cc2)s1. The first kappa shape index (κ1) is 16.3. The van der Waals surface area contributed by atoms with Gasteiger partial charge in [0, 0.05) is 24.5 Å². The van der Waals surface area contributed by atoms with E-state index in [0.717, 1.165) is 28.1 Å². The second kappa shape index (κ2) is 7.79. The standard InChI is InChI=1S/C16H20N4OS2/c1-12-18-19-16(23-12)22-11-15(21)17-13-5-7-14(8-6-13)20-9-3-2-4-10-20/h5-8H,2-4,9-11H2,1H3,(H,17,21). The minimum absolute atomic E-state index is 0.0198. The molecule has 122 valence electrons. The number of amides is 1. The Morgan fingerprint density at radius 3 is 2.61 bits per heavy atom. The second-order valence-corrected chi connectivity index (χ2v) is 7.92. The predicted molar refractivity (Wildman–Crippen MR) is 96.5 cm³/mol. The number of nitrogens with zero attached hydrogens (tertiary/aromatic N) is 3. The summed E-state index contributed by atoms with van der Waals surface area (Å²) in [5, 5.41) is 11.8. The first-order valence-corrected chi connectivity index (χ1v) is 9.59. The Hall–Kier alpha value is -1.60. The Bertz CT molecular complexity index is 650. The molecular weight excluding hydrogens is 328 g/mol. The summed E-state index contributed by atoms with van der Waals surface area (Å²) in [6, 6.07) is 8.12. The number of aryl methyl sites for hydroxylation is 1. The van der Waals surface area contributed by atoms with Crippen LogP contribution in [0.3, 0.4) is 0 Å². The summed E-state index contributed by atoms with van der Waals surface area (Å²) in [6.07, 6.45) is 3.86. The van der Waals surface area contributed by atoms with Gasteiger partial charge in [0.25, 0.3) is 0 Å². The van der Waals surface area contributed by atoms with Crippen LogP contribution >= 0.6 is 23.1 Å². The van der Waals surface area contributed by atoms with Crippen molar-refractivity contribution in [3.8, 4) is 0 Å². The fourth-order valence-corrected chi connectivity index (χ4v) is 4.18. The number of hydrogen-bond acceptors (Lipinski definition) is 6. The van der Waals surface area contributed by atoms with E-state index < -0.39 is 0 Å². The number of carbonyl (C=O) groups excluding carboxylic acids is 1. The van der Waals surface area contributed by atoms with Crippen molar-refractivity contribution in [2.24, 2.45) is 0 Å². The van der Waals surface area contributed by atoms with E-state index in [1.807, 2.05) is 19.1 Å². The molecule has 0 unspecified atom stereocenters. The van der Waals surface area contributed by atoms with Crippen molar-refractivity contribution in [2.75, 3.05) is 29.1 Å². The number of thioether (sulfide) groups is 1. The van der Waals surface area contributed by atoms with Gasteiger partial charge >= 0.3 is 0 Å². The van der Waals surface area contributed by atoms with Gasteiger partial charge in [0.15, 0.2) is 4.34 Å². The van der Waals surface area contributed by atoms with Crippen LogP contribution in [-0.2, 0) is 4.79 Å². The molecule has 5 nitrogen and oxygen atoms in total. The van der Waals surface area contributed by atoms with Gasteiger partial charge in [0.1, 0.15) is 5.01 Å². The van der Waals surface area contributed by atoms with E-state index in [0.29, 0.717) is 5.75 Å². The highest BCUT2D eigenvalue weighted by Gasteiger charge is 2.11. The molecule has 0 saturated carbocycles. The molecule has 0 spiro atoms. The fourth-order valence-electron chi connectivity index (χ4n) is 2.57. The summed E-state index contributed by atoms with van der Waals surface area (Å²) in [4.78, 5) is 14.4. The van der Waals surface area contributed by atoms with Gasteiger partial charge in [-0.2, -0.15) is 0 Å². The smallest absolute Gasteiger partial charge is 0.234 e. The Kier molecular flexibility index (Phi) is 5.51. The summed E-state index contributed by atoms with van der Waals surface area (Å²) in [5.74, 6) is 0.330. The first-order valence-electron chi connectivity index (χ1n) is 7.78. The number of benzene rings is 1. The molecule has 1 aliphatic rings. The summed E-state index contributed by atoms with van der Waals surface area (Å²) in [7, 11) is 0. The molecule has 1 amide bonds. The normalized spacial score (nSPS) is 14.7. The average Bonchev–Trinajstić information content (AvgIpc) is 3.00. The molecule has 0 atom stereocenters. The summed E-state index contributed by atoms with van der Waals surface area (Å²) >= 11 is 2.93. The molecule has 1 saturated heterocycles. The van der Waals surface area contributed by atoms with Crippen molar-refractivity contribution in [1.29, 1.82) is 0 Å². The van der Waals surface area contributed by atoms with Crippen LogP contribution in [0.4, 0.5) is 11.4 Å². The lowest BCUT2D eigenvalue weighted by Gasteiger charge is -2.28. The lowest BCUT2D eigenvalue weighted by molar-refractivity contribution is -0.113. The van der Waals surface area contributed by atoms with Crippen LogP contribution in [0.5, 0.6) is 0 Å². The fraction of sp³-hybridized carbons (Fsp3) is 0.438. The number of carbonyl (C=O) groups is 1. The number of anilines is 2. The quantitative estimate of drug-likeness (QED) is 0.837. The maximum Gasteiger partial charge on any atom is 0.234 e. The Labute approximate surface area is 144 Å². The van der Waals surface area contributed by atoms with E-state index in [4.69, 9.17) is 0 Å². The third-order valence-electron chi connectivity index (χ3n) is 3.71. The van der Waals surface area contributed by atoms with Gasteiger partial charge in [-0.3, -0.25) is 4.79 Å². The topological polar surface area (TPSA) is 58.1 Å². The molecule has 3 rings (SSSR count). The number of hydrogen-bond donors (Lipinski definition) is 1. The van der Waals surface area contributed by atoms with Crippen molar-refractivity contribution in [1.82, 2.24) is 10.2 Å². The van der Waals surface area contributed by atoms with E-state index in [2.05, 4.69) is 32.5 Å². The van der Waals surface area contributed by atoms with Crippen molar-refractivity contribution < 1.29 is 4.79 Å². The third kappa shape index (κ3) is 4.68. The first-order chi connectivity index (χ1) is 11.2. The van der Waals surface area contributed by atoms with Crippen LogP contribution in [0, 0.1) is 6.92 Å². The molecule has 1 aromatic heterocycles. The van der Waals surface area contributed by atoms with Gasteiger partial charge in [-0.05, 0) is 50.5 Å². The molecule has 0 radical (unpaired) electrons. The van der Waals surface area contributed by atoms with E-state index in [9.17, 15) is 4.79 Å². The number of piperidine rings is 1. The molecule has 0 bridgehead atoms. The average molecular weight is 348 g/mol. The molecule has 2 heterocycles. The maximum absolute atomic E-state index is 12.0. The van der Waals surface area contributed by atoms with Crippen LogP contribution < -0.4 is 10.2 Å². The van der Waals surface area contributed by atoms with Gasteiger partial charge in [0.05, 0.1) is 5.75 Å². The van der Waals surface area contributed by atoms with Gasteiger partial charge in [-0.15, -0.1) is 10.2 Å². The molecule has 1 N–H and O–H groups in total. The highest BCUT2D eigenvalue weighted by atomic mass is 32.2. The molecule has 23 heavy (non-hydrogen) atoms. The lowest BCUT2D eigenvalue weighted by atomic mass is 10.1. The molecule has 1 fully saturated rings. The summed E-state index contributed by atoms with van der Waals surface area (Å²) < 4.78 is 0.832. The van der Waals surface area contributed by atoms with Crippen LogP contribution in [0.2, 0.25) is 0 Å².